The molecular weight excluding hydrogens is 517 g/mol. The van der Waals surface area contributed by atoms with Crippen molar-refractivity contribution in [2.24, 2.45) is 5.92 Å². The number of rotatable bonds is 8. The van der Waals surface area contributed by atoms with E-state index in [1.165, 1.54) is 6.07 Å². The topological polar surface area (TPSA) is 105 Å². The zero-order valence-electron chi connectivity index (χ0n) is 20.9. The molecule has 1 unspecified atom stereocenters. The Morgan fingerprint density at radius 2 is 1.78 bits per heavy atom. The van der Waals surface area contributed by atoms with E-state index in [0.29, 0.717) is 52.8 Å². The third kappa shape index (κ3) is 7.10. The van der Waals surface area contributed by atoms with Crippen molar-refractivity contribution in [3.63, 3.8) is 0 Å². The maximum atomic E-state index is 14.5. The van der Waals surface area contributed by atoms with Crippen molar-refractivity contribution >= 4 is 33.1 Å². The molecule has 1 atom stereocenters. The molecule has 37 heavy (non-hydrogen) atoms. The minimum Gasteiger partial charge on any atom is -0.381 e. The Kier molecular flexibility index (Phi) is 8.48. The zero-order chi connectivity index (χ0) is 25.8. The molecule has 1 saturated carbocycles. The summed E-state index contributed by atoms with van der Waals surface area (Å²) in [6.07, 6.45) is 8.12. The maximum absolute atomic E-state index is 14.5. The molecule has 11 heteroatoms. The number of halogens is 2. The molecule has 0 bridgehead atoms. The van der Waals surface area contributed by atoms with Gasteiger partial charge in [-0.15, -0.1) is 0 Å². The Hall–Kier alpha value is -2.01. The van der Waals surface area contributed by atoms with Crippen LogP contribution in [0.4, 0.5) is 16.0 Å². The van der Waals surface area contributed by atoms with E-state index in [1.54, 1.807) is 12.3 Å². The molecule has 0 amide bonds. The smallest absolute Gasteiger partial charge is 0.165 e. The molecule has 3 aliphatic rings. The van der Waals surface area contributed by atoms with E-state index in [4.69, 9.17) is 16.3 Å². The summed E-state index contributed by atoms with van der Waals surface area (Å²) in [4.78, 5) is 9.00. The minimum atomic E-state index is -2.87. The van der Waals surface area contributed by atoms with Gasteiger partial charge in [0.25, 0.3) is 0 Å². The highest BCUT2D eigenvalue weighted by Crippen LogP contribution is 2.31. The first-order valence-corrected chi connectivity index (χ1v) is 15.4. The minimum absolute atomic E-state index is 0.0827. The number of sulfone groups is 1. The maximum Gasteiger partial charge on any atom is 0.165 e. The lowest BCUT2D eigenvalue weighted by molar-refractivity contribution is 0.0699. The SMILES string of the molecule is O=S1(=O)CCC(N[C@H]2CC[C@H](Nc3cc(-c4ccc(F)c(NCC5CCOCC5)n4)c(Cl)cn3)CC2)C1. The Bertz CT molecular complexity index is 1190. The van der Waals surface area contributed by atoms with Gasteiger partial charge in [0.15, 0.2) is 21.5 Å². The van der Waals surface area contributed by atoms with Gasteiger partial charge in [0.05, 0.1) is 22.2 Å². The van der Waals surface area contributed by atoms with E-state index in [0.717, 1.165) is 51.7 Å². The second-order valence-corrected chi connectivity index (χ2v) is 13.1. The first kappa shape index (κ1) is 26.6. The van der Waals surface area contributed by atoms with Crippen LogP contribution in [0.2, 0.25) is 5.02 Å². The van der Waals surface area contributed by atoms with Crippen LogP contribution in [0, 0.1) is 11.7 Å². The van der Waals surface area contributed by atoms with Gasteiger partial charge in [-0.1, -0.05) is 11.6 Å². The summed E-state index contributed by atoms with van der Waals surface area (Å²) in [7, 11) is -2.87. The molecule has 3 N–H and O–H groups in total. The number of pyridine rings is 2. The van der Waals surface area contributed by atoms with Crippen LogP contribution in [0.15, 0.2) is 24.4 Å². The normalized spacial score (nSPS) is 26.2. The predicted molar refractivity (Wildman–Crippen MR) is 144 cm³/mol. The van der Waals surface area contributed by atoms with Crippen molar-refractivity contribution < 1.29 is 17.5 Å². The second-order valence-electron chi connectivity index (χ2n) is 10.5. The number of aromatic nitrogens is 2. The molecule has 5 rings (SSSR count). The molecule has 8 nitrogen and oxygen atoms in total. The summed E-state index contributed by atoms with van der Waals surface area (Å²) >= 11 is 6.48. The van der Waals surface area contributed by atoms with Crippen LogP contribution in [0.25, 0.3) is 11.3 Å². The van der Waals surface area contributed by atoms with E-state index >= 15 is 0 Å². The molecule has 2 aromatic heterocycles. The summed E-state index contributed by atoms with van der Waals surface area (Å²) < 4.78 is 43.3. The molecule has 0 spiro atoms. The highest BCUT2D eigenvalue weighted by atomic mass is 35.5. The predicted octanol–water partition coefficient (Wildman–Crippen LogP) is 4.27. The van der Waals surface area contributed by atoms with Crippen molar-refractivity contribution in [1.82, 2.24) is 15.3 Å². The monoisotopic (exact) mass is 551 g/mol. The lowest BCUT2D eigenvalue weighted by atomic mass is 9.90. The van der Waals surface area contributed by atoms with E-state index in [9.17, 15) is 12.8 Å². The molecule has 0 radical (unpaired) electrons. The van der Waals surface area contributed by atoms with Gasteiger partial charge >= 0.3 is 0 Å². The Labute approximate surface area is 223 Å². The molecular formula is C26H35ClFN5O3S. The Balaban J connectivity index is 1.19. The van der Waals surface area contributed by atoms with Crippen LogP contribution in [-0.4, -0.2) is 67.8 Å². The number of nitrogens with zero attached hydrogens (tertiary/aromatic N) is 2. The highest BCUT2D eigenvalue weighted by Gasteiger charge is 2.31. The van der Waals surface area contributed by atoms with Crippen molar-refractivity contribution in [2.45, 2.75) is 63.1 Å². The lowest BCUT2D eigenvalue weighted by Crippen LogP contribution is -2.43. The summed E-state index contributed by atoms with van der Waals surface area (Å²) in [5.74, 6) is 1.54. The van der Waals surface area contributed by atoms with Crippen molar-refractivity contribution in [3.05, 3.63) is 35.2 Å². The molecule has 0 aromatic carbocycles. The van der Waals surface area contributed by atoms with E-state index in [-0.39, 0.29) is 29.5 Å². The van der Waals surface area contributed by atoms with Crippen LogP contribution in [0.1, 0.15) is 44.9 Å². The second kappa shape index (κ2) is 11.8. The fourth-order valence-corrected chi connectivity index (χ4v) is 7.38. The number of hydrogen-bond donors (Lipinski definition) is 3. The zero-order valence-corrected chi connectivity index (χ0v) is 22.5. The summed E-state index contributed by atoms with van der Waals surface area (Å²) in [6.45, 7) is 2.14. The van der Waals surface area contributed by atoms with E-state index in [2.05, 4.69) is 25.9 Å². The first-order chi connectivity index (χ1) is 17.8. The van der Waals surface area contributed by atoms with Gasteiger partial charge in [-0.2, -0.15) is 0 Å². The Morgan fingerprint density at radius 3 is 2.51 bits per heavy atom. The largest absolute Gasteiger partial charge is 0.381 e. The average molecular weight is 552 g/mol. The molecule has 2 saturated heterocycles. The molecule has 2 aliphatic heterocycles. The van der Waals surface area contributed by atoms with Gasteiger partial charge in [-0.05, 0) is 69.1 Å². The fraction of sp³-hybridized carbons (Fsp3) is 0.615. The highest BCUT2D eigenvalue weighted by molar-refractivity contribution is 7.91. The van der Waals surface area contributed by atoms with Crippen LogP contribution >= 0.6 is 11.6 Å². The summed E-state index contributed by atoms with van der Waals surface area (Å²) in [5, 5.41) is 10.7. The molecule has 3 fully saturated rings. The van der Waals surface area contributed by atoms with E-state index < -0.39 is 9.84 Å². The number of ether oxygens (including phenoxy) is 1. The average Bonchev–Trinajstić information content (AvgIpc) is 3.24. The van der Waals surface area contributed by atoms with Crippen LogP contribution < -0.4 is 16.0 Å². The summed E-state index contributed by atoms with van der Waals surface area (Å²) in [5.41, 5.74) is 1.29. The number of hydrogen-bond acceptors (Lipinski definition) is 8. The summed E-state index contributed by atoms with van der Waals surface area (Å²) in [6, 6.07) is 5.63. The van der Waals surface area contributed by atoms with Crippen molar-refractivity contribution in [3.8, 4) is 11.3 Å². The molecule has 202 valence electrons. The van der Waals surface area contributed by atoms with Crippen LogP contribution in [0.3, 0.4) is 0 Å². The number of nitrogens with one attached hydrogen (secondary N) is 3. The van der Waals surface area contributed by atoms with Gasteiger partial charge in [-0.25, -0.2) is 22.8 Å². The third-order valence-electron chi connectivity index (χ3n) is 7.66. The quantitative estimate of drug-likeness (QED) is 0.446. The van der Waals surface area contributed by atoms with Crippen LogP contribution in [-0.2, 0) is 14.6 Å². The van der Waals surface area contributed by atoms with Gasteiger partial charge in [0, 0.05) is 49.6 Å². The standard InChI is InChI=1S/C26H35ClFN5O3S/c27-22-15-29-25(32-19-3-1-18(2-4-19)31-20-9-12-37(34,35)16-20)13-21(22)24-6-5-23(28)26(33-24)30-14-17-7-10-36-11-8-17/h5-6,13,15,17-20,31H,1-4,7-12,14,16H2,(H,29,32)(H,30,33)/t18-,19-,20?. The van der Waals surface area contributed by atoms with Crippen molar-refractivity contribution in [2.75, 3.05) is 41.9 Å². The first-order valence-electron chi connectivity index (χ1n) is 13.2. The van der Waals surface area contributed by atoms with Gasteiger partial charge in [0.1, 0.15) is 5.82 Å². The van der Waals surface area contributed by atoms with Gasteiger partial charge in [-0.3, -0.25) is 0 Å². The third-order valence-corrected chi connectivity index (χ3v) is 9.73. The molecule has 4 heterocycles. The van der Waals surface area contributed by atoms with Gasteiger partial charge < -0.3 is 20.7 Å². The van der Waals surface area contributed by atoms with E-state index in [1.807, 2.05) is 6.07 Å². The Morgan fingerprint density at radius 1 is 1.03 bits per heavy atom. The number of anilines is 2. The molecule has 2 aromatic rings. The lowest BCUT2D eigenvalue weighted by Gasteiger charge is -2.31. The van der Waals surface area contributed by atoms with Crippen LogP contribution in [0.5, 0.6) is 0 Å². The van der Waals surface area contributed by atoms with Gasteiger partial charge in [0.2, 0.25) is 0 Å². The fourth-order valence-electron chi connectivity index (χ4n) is 5.49. The van der Waals surface area contributed by atoms with Crippen molar-refractivity contribution in [1.29, 1.82) is 0 Å². The molecule has 1 aliphatic carbocycles.